The largest absolute Gasteiger partial charge is 0.465 e. The van der Waals surface area contributed by atoms with Crippen molar-refractivity contribution in [3.8, 4) is 0 Å². The van der Waals surface area contributed by atoms with Gasteiger partial charge in [-0.3, -0.25) is 9.69 Å². The minimum atomic E-state index is -0.103. The molecular weight excluding hydrogens is 254 g/mol. The Morgan fingerprint density at radius 2 is 2.15 bits per heavy atom. The molecule has 0 N–H and O–H groups in total. The molecule has 20 heavy (non-hydrogen) atoms. The fourth-order valence-electron chi connectivity index (χ4n) is 2.82. The summed E-state index contributed by atoms with van der Waals surface area (Å²) in [5.41, 5.74) is 0. The molecule has 5 heteroatoms. The van der Waals surface area contributed by atoms with Crippen LogP contribution in [0.2, 0.25) is 0 Å². The van der Waals surface area contributed by atoms with Gasteiger partial charge in [0.15, 0.2) is 0 Å². The number of aryl methyl sites for hydroxylation is 1. The SMILES string of the molecule is CCOC(=O)CN1CCC(Cn2ccnc2CC)CC1. The highest BCUT2D eigenvalue weighted by Crippen LogP contribution is 2.19. The van der Waals surface area contributed by atoms with Crippen molar-refractivity contribution in [1.29, 1.82) is 0 Å². The standard InChI is InChI=1S/C15H25N3O2/c1-3-14-16-7-10-18(14)11-13-5-8-17(9-6-13)12-15(19)20-4-2/h7,10,13H,3-6,8-9,11-12H2,1-2H3. The van der Waals surface area contributed by atoms with E-state index < -0.39 is 0 Å². The van der Waals surface area contributed by atoms with Crippen molar-refractivity contribution in [1.82, 2.24) is 14.5 Å². The van der Waals surface area contributed by atoms with Gasteiger partial charge in [0.05, 0.1) is 13.2 Å². The van der Waals surface area contributed by atoms with E-state index in [0.29, 0.717) is 19.1 Å². The lowest BCUT2D eigenvalue weighted by molar-refractivity contribution is -0.144. The van der Waals surface area contributed by atoms with Gasteiger partial charge in [0.2, 0.25) is 0 Å². The summed E-state index contributed by atoms with van der Waals surface area (Å²) in [7, 11) is 0. The Labute approximate surface area is 120 Å². The highest BCUT2D eigenvalue weighted by atomic mass is 16.5. The Hall–Kier alpha value is -1.36. The summed E-state index contributed by atoms with van der Waals surface area (Å²) in [5, 5.41) is 0. The summed E-state index contributed by atoms with van der Waals surface area (Å²) < 4.78 is 7.26. The van der Waals surface area contributed by atoms with Crippen LogP contribution in [0.15, 0.2) is 12.4 Å². The summed E-state index contributed by atoms with van der Waals surface area (Å²) in [6.45, 7) is 7.92. The number of carbonyl (C=O) groups excluding carboxylic acids is 1. The molecule has 112 valence electrons. The highest BCUT2D eigenvalue weighted by Gasteiger charge is 2.21. The van der Waals surface area contributed by atoms with Crippen molar-refractivity contribution >= 4 is 5.97 Å². The summed E-state index contributed by atoms with van der Waals surface area (Å²) >= 11 is 0. The van der Waals surface area contributed by atoms with Gasteiger partial charge in [-0.2, -0.15) is 0 Å². The molecule has 0 aliphatic carbocycles. The smallest absolute Gasteiger partial charge is 0.320 e. The van der Waals surface area contributed by atoms with Crippen molar-refractivity contribution in [2.45, 2.75) is 39.7 Å². The summed E-state index contributed by atoms with van der Waals surface area (Å²) in [4.78, 5) is 18.0. The number of hydrogen-bond acceptors (Lipinski definition) is 4. The average molecular weight is 279 g/mol. The minimum Gasteiger partial charge on any atom is -0.465 e. The fourth-order valence-corrected chi connectivity index (χ4v) is 2.82. The van der Waals surface area contributed by atoms with Crippen LogP contribution in [0.4, 0.5) is 0 Å². The maximum absolute atomic E-state index is 11.5. The second-order valence-corrected chi connectivity index (χ2v) is 5.37. The first-order valence-corrected chi connectivity index (χ1v) is 7.60. The van der Waals surface area contributed by atoms with E-state index in [1.165, 1.54) is 5.82 Å². The Morgan fingerprint density at radius 1 is 1.40 bits per heavy atom. The topological polar surface area (TPSA) is 47.4 Å². The molecule has 1 aromatic rings. The van der Waals surface area contributed by atoms with E-state index in [9.17, 15) is 4.79 Å². The zero-order valence-electron chi connectivity index (χ0n) is 12.5. The predicted octanol–water partition coefficient (Wildman–Crippen LogP) is 1.72. The third-order valence-electron chi connectivity index (χ3n) is 3.94. The van der Waals surface area contributed by atoms with Crippen LogP contribution in [0.5, 0.6) is 0 Å². The number of ether oxygens (including phenoxy) is 1. The molecule has 0 atom stereocenters. The van der Waals surface area contributed by atoms with Crippen molar-refractivity contribution in [3.63, 3.8) is 0 Å². The van der Waals surface area contributed by atoms with Gasteiger partial charge in [0.25, 0.3) is 0 Å². The zero-order chi connectivity index (χ0) is 14.4. The summed E-state index contributed by atoms with van der Waals surface area (Å²) in [6, 6.07) is 0. The van der Waals surface area contributed by atoms with Crippen LogP contribution in [0.25, 0.3) is 0 Å². The molecule has 2 rings (SSSR count). The van der Waals surface area contributed by atoms with Gasteiger partial charge in [0.1, 0.15) is 5.82 Å². The van der Waals surface area contributed by atoms with Gasteiger partial charge >= 0.3 is 5.97 Å². The second-order valence-electron chi connectivity index (χ2n) is 5.37. The maximum Gasteiger partial charge on any atom is 0.320 e. The first-order chi connectivity index (χ1) is 9.72. The Bertz CT molecular complexity index is 423. The van der Waals surface area contributed by atoms with E-state index >= 15 is 0 Å². The van der Waals surface area contributed by atoms with Crippen LogP contribution >= 0.6 is 0 Å². The Kier molecular flexibility index (Phi) is 5.59. The molecule has 5 nitrogen and oxygen atoms in total. The third-order valence-corrected chi connectivity index (χ3v) is 3.94. The molecule has 1 saturated heterocycles. The summed E-state index contributed by atoms with van der Waals surface area (Å²) in [5.74, 6) is 1.75. The minimum absolute atomic E-state index is 0.103. The second kappa shape index (κ2) is 7.43. The predicted molar refractivity (Wildman–Crippen MR) is 77.4 cm³/mol. The molecular formula is C15H25N3O2. The maximum atomic E-state index is 11.5. The van der Waals surface area contributed by atoms with Crippen molar-refractivity contribution in [2.75, 3.05) is 26.2 Å². The van der Waals surface area contributed by atoms with Crippen LogP contribution in [0.1, 0.15) is 32.5 Å². The number of carbonyl (C=O) groups is 1. The van der Waals surface area contributed by atoms with E-state index in [-0.39, 0.29) is 5.97 Å². The molecule has 1 fully saturated rings. The van der Waals surface area contributed by atoms with Gasteiger partial charge in [-0.15, -0.1) is 0 Å². The molecule has 2 heterocycles. The van der Waals surface area contributed by atoms with E-state index in [2.05, 4.69) is 27.6 Å². The number of esters is 1. The monoisotopic (exact) mass is 279 g/mol. The summed E-state index contributed by atoms with van der Waals surface area (Å²) in [6.07, 6.45) is 7.22. The lowest BCUT2D eigenvalue weighted by Crippen LogP contribution is -2.38. The first kappa shape index (κ1) is 15.0. The number of piperidine rings is 1. The molecule has 1 aromatic heterocycles. The number of imidazole rings is 1. The molecule has 0 bridgehead atoms. The van der Waals surface area contributed by atoms with Gasteiger partial charge in [0, 0.05) is 25.4 Å². The van der Waals surface area contributed by atoms with E-state index in [1.54, 1.807) is 0 Å². The highest BCUT2D eigenvalue weighted by molar-refractivity contribution is 5.71. The zero-order valence-corrected chi connectivity index (χ0v) is 12.5. The third kappa shape index (κ3) is 4.07. The number of nitrogens with zero attached hydrogens (tertiary/aromatic N) is 3. The Morgan fingerprint density at radius 3 is 2.80 bits per heavy atom. The molecule has 0 aromatic carbocycles. The molecule has 0 amide bonds. The van der Waals surface area contributed by atoms with E-state index in [4.69, 9.17) is 4.74 Å². The normalized spacial score (nSPS) is 17.3. The lowest BCUT2D eigenvalue weighted by Gasteiger charge is -2.31. The molecule has 0 unspecified atom stereocenters. The van der Waals surface area contributed by atoms with Crippen LogP contribution < -0.4 is 0 Å². The van der Waals surface area contributed by atoms with Crippen LogP contribution in [0, 0.1) is 5.92 Å². The Balaban J connectivity index is 1.75. The van der Waals surface area contributed by atoms with Crippen molar-refractivity contribution < 1.29 is 9.53 Å². The van der Waals surface area contributed by atoms with Crippen LogP contribution in [-0.4, -0.2) is 46.7 Å². The van der Waals surface area contributed by atoms with Gasteiger partial charge in [-0.1, -0.05) is 6.92 Å². The van der Waals surface area contributed by atoms with Crippen molar-refractivity contribution in [3.05, 3.63) is 18.2 Å². The van der Waals surface area contributed by atoms with Crippen LogP contribution in [-0.2, 0) is 22.5 Å². The fraction of sp³-hybridized carbons (Fsp3) is 0.733. The van der Waals surface area contributed by atoms with E-state index in [1.807, 2.05) is 13.1 Å². The van der Waals surface area contributed by atoms with Crippen molar-refractivity contribution in [2.24, 2.45) is 5.92 Å². The molecule has 0 radical (unpaired) electrons. The number of aromatic nitrogens is 2. The quantitative estimate of drug-likeness (QED) is 0.744. The first-order valence-electron chi connectivity index (χ1n) is 7.60. The number of rotatable bonds is 6. The molecule has 1 aliphatic heterocycles. The molecule has 0 spiro atoms. The van der Waals surface area contributed by atoms with E-state index in [0.717, 1.165) is 38.9 Å². The number of hydrogen-bond donors (Lipinski definition) is 0. The lowest BCUT2D eigenvalue weighted by atomic mass is 9.96. The van der Waals surface area contributed by atoms with Gasteiger partial charge in [-0.25, -0.2) is 4.98 Å². The van der Waals surface area contributed by atoms with Gasteiger partial charge < -0.3 is 9.30 Å². The average Bonchev–Trinajstić information content (AvgIpc) is 2.88. The molecule has 1 aliphatic rings. The van der Waals surface area contributed by atoms with Gasteiger partial charge in [-0.05, 0) is 38.8 Å². The number of likely N-dealkylation sites (tertiary alicyclic amines) is 1. The molecule has 0 saturated carbocycles. The van der Waals surface area contributed by atoms with Crippen LogP contribution in [0.3, 0.4) is 0 Å².